The van der Waals surface area contributed by atoms with Gasteiger partial charge in [-0.15, -0.1) is 11.3 Å². The molecule has 0 bridgehead atoms. The highest BCUT2D eigenvalue weighted by Gasteiger charge is 2.16. The Morgan fingerprint density at radius 1 is 0.441 bits per heavy atom. The van der Waals surface area contributed by atoms with E-state index in [4.69, 9.17) is 4.42 Å². The quantitative estimate of drug-likeness (QED) is 0.227. The van der Waals surface area contributed by atoms with Crippen molar-refractivity contribution in [1.82, 2.24) is 0 Å². The molecule has 0 aliphatic carbocycles. The van der Waals surface area contributed by atoms with Crippen LogP contribution >= 0.6 is 11.3 Å². The standard InChI is InChI=1S/C32H18OS/c1-2-9-21-20(8-1)26-18-28-22-10-3-5-14-29(22)33-30(28)17-19(26)16-27(21)25-13-7-12-24-23-11-4-6-15-31(23)34-32(24)25/h1-18H. The molecule has 1 nitrogen and oxygen atoms in total. The maximum Gasteiger partial charge on any atom is 0.136 e. The largest absolute Gasteiger partial charge is 0.456 e. The summed E-state index contributed by atoms with van der Waals surface area (Å²) in [5.74, 6) is 0. The Kier molecular flexibility index (Phi) is 3.60. The minimum Gasteiger partial charge on any atom is -0.456 e. The van der Waals surface area contributed by atoms with Crippen molar-refractivity contribution in [3.05, 3.63) is 109 Å². The number of fused-ring (bicyclic) bond motifs is 9. The molecule has 2 aromatic heterocycles. The van der Waals surface area contributed by atoms with Crippen molar-refractivity contribution in [2.45, 2.75) is 0 Å². The average Bonchev–Trinajstić information content (AvgIpc) is 3.45. The van der Waals surface area contributed by atoms with Crippen LogP contribution in [-0.2, 0) is 0 Å². The molecule has 0 unspecified atom stereocenters. The Hall–Kier alpha value is -4.14. The topological polar surface area (TPSA) is 13.1 Å². The fourth-order valence-electron chi connectivity index (χ4n) is 5.51. The zero-order valence-electron chi connectivity index (χ0n) is 18.2. The summed E-state index contributed by atoms with van der Waals surface area (Å²) >= 11 is 1.88. The van der Waals surface area contributed by atoms with Crippen LogP contribution in [0.3, 0.4) is 0 Å². The highest BCUT2D eigenvalue weighted by molar-refractivity contribution is 7.26. The summed E-state index contributed by atoms with van der Waals surface area (Å²) in [5.41, 5.74) is 4.44. The highest BCUT2D eigenvalue weighted by Crippen LogP contribution is 2.44. The van der Waals surface area contributed by atoms with Crippen LogP contribution in [0.25, 0.3) is 74.8 Å². The molecular formula is C32H18OS. The average molecular weight is 451 g/mol. The molecule has 0 atom stereocenters. The van der Waals surface area contributed by atoms with Crippen LogP contribution in [0.5, 0.6) is 0 Å². The molecule has 2 heterocycles. The second-order valence-corrected chi connectivity index (χ2v) is 9.97. The monoisotopic (exact) mass is 450 g/mol. The van der Waals surface area contributed by atoms with Gasteiger partial charge in [-0.05, 0) is 57.4 Å². The summed E-state index contributed by atoms with van der Waals surface area (Å²) in [7, 11) is 0. The van der Waals surface area contributed by atoms with Gasteiger partial charge in [-0.25, -0.2) is 0 Å². The molecule has 34 heavy (non-hydrogen) atoms. The minimum absolute atomic E-state index is 0.937. The zero-order chi connectivity index (χ0) is 22.2. The molecule has 0 amide bonds. The van der Waals surface area contributed by atoms with E-state index in [-0.39, 0.29) is 0 Å². The molecule has 6 aromatic carbocycles. The molecule has 0 saturated carbocycles. The van der Waals surface area contributed by atoms with Gasteiger partial charge in [0.2, 0.25) is 0 Å². The van der Waals surface area contributed by atoms with Crippen LogP contribution in [0.4, 0.5) is 0 Å². The second kappa shape index (κ2) is 6.69. The third-order valence-electron chi connectivity index (χ3n) is 7.05. The van der Waals surface area contributed by atoms with Crippen LogP contribution in [0.2, 0.25) is 0 Å². The molecule has 0 radical (unpaired) electrons. The van der Waals surface area contributed by atoms with Crippen LogP contribution in [0.1, 0.15) is 0 Å². The summed E-state index contributed by atoms with van der Waals surface area (Å²) in [4.78, 5) is 0. The Morgan fingerprint density at radius 2 is 1.18 bits per heavy atom. The lowest BCUT2D eigenvalue weighted by atomic mass is 9.92. The maximum atomic E-state index is 6.23. The summed E-state index contributed by atoms with van der Waals surface area (Å²) in [6, 6.07) is 39.4. The van der Waals surface area contributed by atoms with E-state index < -0.39 is 0 Å². The van der Waals surface area contributed by atoms with Gasteiger partial charge in [0.25, 0.3) is 0 Å². The van der Waals surface area contributed by atoms with Crippen molar-refractivity contribution in [3.63, 3.8) is 0 Å². The van der Waals surface area contributed by atoms with Gasteiger partial charge in [0.05, 0.1) is 0 Å². The smallest absolute Gasteiger partial charge is 0.136 e. The van der Waals surface area contributed by atoms with Crippen molar-refractivity contribution >= 4 is 75.0 Å². The first-order valence-electron chi connectivity index (χ1n) is 11.5. The molecule has 0 N–H and O–H groups in total. The molecule has 158 valence electrons. The molecular weight excluding hydrogens is 432 g/mol. The molecule has 8 rings (SSSR count). The predicted octanol–water partition coefficient (Wildman–Crippen LogP) is 9.93. The number of furan rings is 1. The van der Waals surface area contributed by atoms with Gasteiger partial charge in [0, 0.05) is 36.5 Å². The SMILES string of the molecule is c1ccc2c(c1)oc1cc3cc(-c4cccc5c4sc4ccccc45)c4ccccc4c3cc12. The van der Waals surface area contributed by atoms with E-state index in [1.807, 2.05) is 23.5 Å². The molecule has 0 aliphatic heterocycles. The highest BCUT2D eigenvalue weighted by atomic mass is 32.1. The van der Waals surface area contributed by atoms with E-state index >= 15 is 0 Å². The minimum atomic E-state index is 0.937. The summed E-state index contributed by atoms with van der Waals surface area (Å²) < 4.78 is 8.91. The van der Waals surface area contributed by atoms with Crippen molar-refractivity contribution in [2.75, 3.05) is 0 Å². The number of thiophene rings is 1. The first-order valence-corrected chi connectivity index (χ1v) is 12.3. The fourth-order valence-corrected chi connectivity index (χ4v) is 6.74. The third kappa shape index (κ3) is 2.43. The van der Waals surface area contributed by atoms with Crippen LogP contribution in [0, 0.1) is 0 Å². The van der Waals surface area contributed by atoms with Crippen LogP contribution in [-0.4, -0.2) is 0 Å². The summed E-state index contributed by atoms with van der Waals surface area (Å²) in [5, 5.41) is 10.0. The maximum absolute atomic E-state index is 6.23. The summed E-state index contributed by atoms with van der Waals surface area (Å²) in [6.45, 7) is 0. The van der Waals surface area contributed by atoms with Gasteiger partial charge >= 0.3 is 0 Å². The van der Waals surface area contributed by atoms with E-state index in [0.29, 0.717) is 0 Å². The number of rotatable bonds is 1. The molecule has 0 spiro atoms. The van der Waals surface area contributed by atoms with Crippen LogP contribution < -0.4 is 0 Å². The number of hydrogen-bond acceptors (Lipinski definition) is 2. The fraction of sp³-hybridized carbons (Fsp3) is 0. The lowest BCUT2D eigenvalue weighted by Crippen LogP contribution is -1.85. The summed E-state index contributed by atoms with van der Waals surface area (Å²) in [6.07, 6.45) is 0. The van der Waals surface area contributed by atoms with E-state index in [0.717, 1.165) is 11.2 Å². The van der Waals surface area contributed by atoms with Crippen molar-refractivity contribution in [1.29, 1.82) is 0 Å². The van der Waals surface area contributed by atoms with Gasteiger partial charge in [0.1, 0.15) is 11.2 Å². The van der Waals surface area contributed by atoms with E-state index in [1.165, 1.54) is 63.6 Å². The molecule has 0 saturated heterocycles. The number of hydrogen-bond donors (Lipinski definition) is 0. The number of benzene rings is 6. The Bertz CT molecular complexity index is 2070. The van der Waals surface area contributed by atoms with Crippen molar-refractivity contribution in [2.24, 2.45) is 0 Å². The van der Waals surface area contributed by atoms with Gasteiger partial charge < -0.3 is 4.42 Å². The Morgan fingerprint density at radius 3 is 2.09 bits per heavy atom. The molecule has 2 heteroatoms. The van der Waals surface area contributed by atoms with E-state index in [1.54, 1.807) is 0 Å². The second-order valence-electron chi connectivity index (χ2n) is 8.92. The van der Waals surface area contributed by atoms with E-state index in [9.17, 15) is 0 Å². The third-order valence-corrected chi connectivity index (χ3v) is 8.27. The van der Waals surface area contributed by atoms with Gasteiger partial charge in [-0.3, -0.25) is 0 Å². The lowest BCUT2D eigenvalue weighted by molar-refractivity contribution is 0.669. The normalized spacial score (nSPS) is 12.1. The van der Waals surface area contributed by atoms with Crippen molar-refractivity contribution < 1.29 is 4.42 Å². The van der Waals surface area contributed by atoms with Gasteiger partial charge in [-0.1, -0.05) is 78.9 Å². The zero-order valence-corrected chi connectivity index (χ0v) is 19.0. The number of para-hydroxylation sites is 1. The molecule has 0 fully saturated rings. The van der Waals surface area contributed by atoms with Crippen LogP contribution in [0.15, 0.2) is 114 Å². The van der Waals surface area contributed by atoms with Crippen molar-refractivity contribution in [3.8, 4) is 11.1 Å². The van der Waals surface area contributed by atoms with Gasteiger partial charge in [0.15, 0.2) is 0 Å². The predicted molar refractivity (Wildman–Crippen MR) is 147 cm³/mol. The Balaban J connectivity index is 1.52. The first kappa shape index (κ1) is 18.3. The molecule has 0 aliphatic rings. The van der Waals surface area contributed by atoms with E-state index in [2.05, 4.69) is 97.1 Å². The first-order chi connectivity index (χ1) is 16.8. The lowest BCUT2D eigenvalue weighted by Gasteiger charge is -2.12. The Labute approximate surface area is 199 Å². The van der Waals surface area contributed by atoms with Gasteiger partial charge in [-0.2, -0.15) is 0 Å². The molecule has 8 aromatic rings.